The highest BCUT2D eigenvalue weighted by molar-refractivity contribution is 7.09. The second kappa shape index (κ2) is 8.84. The van der Waals surface area contributed by atoms with Crippen LogP contribution in [-0.2, 0) is 17.9 Å². The maximum Gasteiger partial charge on any atom is 0.244 e. The molecule has 5 rings (SSSR count). The van der Waals surface area contributed by atoms with E-state index in [0.717, 1.165) is 60.6 Å². The van der Waals surface area contributed by atoms with Crippen LogP contribution in [0.4, 0.5) is 0 Å². The summed E-state index contributed by atoms with van der Waals surface area (Å²) in [6.07, 6.45) is 1.81. The fourth-order valence-corrected chi connectivity index (χ4v) is 5.12. The summed E-state index contributed by atoms with van der Waals surface area (Å²) in [5.74, 6) is 0.104. The number of amides is 1. The molecule has 0 aliphatic carbocycles. The lowest BCUT2D eigenvalue weighted by molar-refractivity contribution is -0.133. The fraction of sp³-hybridized carbons (Fsp3) is 0.320. The first-order valence-electron chi connectivity index (χ1n) is 11.0. The molecule has 0 bridgehead atoms. The van der Waals surface area contributed by atoms with Crippen LogP contribution < -0.4 is 0 Å². The standard InChI is InChI=1S/C25H27N5OS/c1-18-5-7-20(8-6-18)22-9-10-26-25-24(22)19(2)27-30(25)17-23(31)29-13-11-28(12-14-29)16-21-4-3-15-32-21/h3-10,15H,11-14,16-17H2,1-2H3. The van der Waals surface area contributed by atoms with Crippen molar-refractivity contribution in [3.05, 3.63) is 70.2 Å². The first-order chi connectivity index (χ1) is 15.6. The topological polar surface area (TPSA) is 54.3 Å². The maximum atomic E-state index is 13.1. The summed E-state index contributed by atoms with van der Waals surface area (Å²) in [5.41, 5.74) is 5.14. The smallest absolute Gasteiger partial charge is 0.244 e. The molecule has 0 unspecified atom stereocenters. The minimum absolute atomic E-state index is 0.104. The van der Waals surface area contributed by atoms with Crippen LogP contribution in [0.25, 0.3) is 22.2 Å². The summed E-state index contributed by atoms with van der Waals surface area (Å²) in [7, 11) is 0. The van der Waals surface area contributed by atoms with Gasteiger partial charge in [-0.1, -0.05) is 35.9 Å². The maximum absolute atomic E-state index is 13.1. The van der Waals surface area contributed by atoms with Crippen LogP contribution in [0.15, 0.2) is 54.0 Å². The second-order valence-electron chi connectivity index (χ2n) is 8.40. The van der Waals surface area contributed by atoms with Crippen LogP contribution >= 0.6 is 11.3 Å². The van der Waals surface area contributed by atoms with Gasteiger partial charge in [-0.2, -0.15) is 5.10 Å². The van der Waals surface area contributed by atoms with E-state index in [2.05, 4.69) is 58.6 Å². The van der Waals surface area contributed by atoms with Crippen molar-refractivity contribution >= 4 is 28.3 Å². The average molecular weight is 446 g/mol. The molecule has 0 atom stereocenters. The number of rotatable bonds is 5. The van der Waals surface area contributed by atoms with Crippen molar-refractivity contribution in [1.29, 1.82) is 0 Å². The minimum atomic E-state index is 0.104. The van der Waals surface area contributed by atoms with E-state index in [9.17, 15) is 4.79 Å². The highest BCUT2D eigenvalue weighted by atomic mass is 32.1. The van der Waals surface area contributed by atoms with Crippen molar-refractivity contribution in [3.8, 4) is 11.1 Å². The van der Waals surface area contributed by atoms with Crippen molar-refractivity contribution < 1.29 is 4.79 Å². The highest BCUT2D eigenvalue weighted by Crippen LogP contribution is 2.30. The van der Waals surface area contributed by atoms with Crippen LogP contribution in [0.5, 0.6) is 0 Å². The molecule has 1 saturated heterocycles. The quantitative estimate of drug-likeness (QED) is 0.464. The van der Waals surface area contributed by atoms with Gasteiger partial charge in [0.15, 0.2) is 5.65 Å². The Kier molecular flexibility index (Phi) is 5.76. The van der Waals surface area contributed by atoms with Crippen molar-refractivity contribution in [2.24, 2.45) is 0 Å². The molecule has 4 heterocycles. The molecule has 0 saturated carbocycles. The van der Waals surface area contributed by atoms with E-state index < -0.39 is 0 Å². The average Bonchev–Trinajstić information content (AvgIpc) is 3.43. The number of aromatic nitrogens is 3. The number of aryl methyl sites for hydroxylation is 2. The molecule has 4 aromatic rings. The third kappa shape index (κ3) is 4.18. The summed E-state index contributed by atoms with van der Waals surface area (Å²) >= 11 is 1.79. The Morgan fingerprint density at radius 1 is 1.03 bits per heavy atom. The van der Waals surface area contributed by atoms with Gasteiger partial charge in [-0.15, -0.1) is 11.3 Å². The molecule has 1 aliphatic rings. The second-order valence-corrected chi connectivity index (χ2v) is 9.43. The molecule has 0 spiro atoms. The van der Waals surface area contributed by atoms with Gasteiger partial charge in [-0.3, -0.25) is 9.69 Å². The summed E-state index contributed by atoms with van der Waals surface area (Å²) in [4.78, 5) is 23.4. The number of hydrogen-bond acceptors (Lipinski definition) is 5. The van der Waals surface area contributed by atoms with Gasteiger partial charge in [0.05, 0.1) is 5.69 Å². The van der Waals surface area contributed by atoms with Gasteiger partial charge in [0, 0.05) is 49.2 Å². The van der Waals surface area contributed by atoms with Crippen molar-refractivity contribution in [3.63, 3.8) is 0 Å². The van der Waals surface area contributed by atoms with Crippen LogP contribution in [0.2, 0.25) is 0 Å². The Hall–Kier alpha value is -3.03. The molecule has 1 aromatic carbocycles. The number of nitrogens with zero attached hydrogens (tertiary/aromatic N) is 5. The lowest BCUT2D eigenvalue weighted by Gasteiger charge is -2.34. The summed E-state index contributed by atoms with van der Waals surface area (Å²) in [6, 6.07) is 14.8. The lowest BCUT2D eigenvalue weighted by Crippen LogP contribution is -2.49. The normalized spacial score (nSPS) is 14.9. The Balaban J connectivity index is 1.31. The van der Waals surface area contributed by atoms with Gasteiger partial charge >= 0.3 is 0 Å². The van der Waals surface area contributed by atoms with E-state index in [1.807, 2.05) is 24.1 Å². The number of carbonyl (C=O) groups excluding carboxylic acids is 1. The van der Waals surface area contributed by atoms with Gasteiger partial charge in [0.25, 0.3) is 0 Å². The third-order valence-electron chi connectivity index (χ3n) is 6.14. The molecule has 3 aromatic heterocycles. The van der Waals surface area contributed by atoms with E-state index in [1.165, 1.54) is 10.4 Å². The predicted molar refractivity (Wildman–Crippen MR) is 129 cm³/mol. The van der Waals surface area contributed by atoms with Crippen LogP contribution in [-0.4, -0.2) is 56.7 Å². The zero-order valence-corrected chi connectivity index (χ0v) is 19.3. The zero-order valence-electron chi connectivity index (χ0n) is 18.5. The molecular weight excluding hydrogens is 418 g/mol. The van der Waals surface area contributed by atoms with Crippen molar-refractivity contribution in [1.82, 2.24) is 24.6 Å². The molecule has 7 heteroatoms. The van der Waals surface area contributed by atoms with E-state index >= 15 is 0 Å². The summed E-state index contributed by atoms with van der Waals surface area (Å²) < 4.78 is 1.77. The van der Waals surface area contributed by atoms with Gasteiger partial charge in [0.1, 0.15) is 6.54 Å². The molecule has 1 aliphatic heterocycles. The Bertz CT molecular complexity index is 1220. The number of fused-ring (bicyclic) bond motifs is 1. The zero-order chi connectivity index (χ0) is 22.1. The first kappa shape index (κ1) is 20.8. The van der Waals surface area contributed by atoms with E-state index in [0.29, 0.717) is 0 Å². The number of pyridine rings is 1. The monoisotopic (exact) mass is 445 g/mol. The predicted octanol–water partition coefficient (Wildman–Crippen LogP) is 4.12. The van der Waals surface area contributed by atoms with Gasteiger partial charge in [-0.05, 0) is 42.5 Å². The number of carbonyl (C=O) groups is 1. The van der Waals surface area contributed by atoms with Crippen LogP contribution in [0, 0.1) is 13.8 Å². The van der Waals surface area contributed by atoms with E-state index in [4.69, 9.17) is 5.10 Å². The first-order valence-corrected chi connectivity index (χ1v) is 11.9. The van der Waals surface area contributed by atoms with E-state index in [1.54, 1.807) is 16.0 Å². The van der Waals surface area contributed by atoms with Gasteiger partial charge in [-0.25, -0.2) is 9.67 Å². The lowest BCUT2D eigenvalue weighted by atomic mass is 10.0. The molecule has 32 heavy (non-hydrogen) atoms. The minimum Gasteiger partial charge on any atom is -0.339 e. The molecule has 0 radical (unpaired) electrons. The fourth-order valence-electron chi connectivity index (χ4n) is 4.37. The number of benzene rings is 1. The van der Waals surface area contributed by atoms with Crippen LogP contribution in [0.1, 0.15) is 16.1 Å². The highest BCUT2D eigenvalue weighted by Gasteiger charge is 2.23. The van der Waals surface area contributed by atoms with E-state index in [-0.39, 0.29) is 12.5 Å². The van der Waals surface area contributed by atoms with Gasteiger partial charge < -0.3 is 4.90 Å². The van der Waals surface area contributed by atoms with Gasteiger partial charge in [0.2, 0.25) is 5.91 Å². The Morgan fingerprint density at radius 3 is 2.53 bits per heavy atom. The molecule has 164 valence electrons. The Morgan fingerprint density at radius 2 is 1.81 bits per heavy atom. The van der Waals surface area contributed by atoms with Crippen molar-refractivity contribution in [2.75, 3.05) is 26.2 Å². The molecule has 6 nitrogen and oxygen atoms in total. The summed E-state index contributed by atoms with van der Waals surface area (Å²) in [5, 5.41) is 7.82. The van der Waals surface area contributed by atoms with Crippen LogP contribution in [0.3, 0.4) is 0 Å². The van der Waals surface area contributed by atoms with Crippen molar-refractivity contribution in [2.45, 2.75) is 26.9 Å². The largest absolute Gasteiger partial charge is 0.339 e. The Labute approximate surface area is 192 Å². The number of piperazine rings is 1. The molecule has 1 fully saturated rings. The number of thiophene rings is 1. The molecule has 0 N–H and O–H groups in total. The SMILES string of the molecule is Cc1ccc(-c2ccnc3c2c(C)nn3CC(=O)N2CCN(Cc3cccs3)CC2)cc1. The number of hydrogen-bond donors (Lipinski definition) is 0. The molecular formula is C25H27N5OS. The summed E-state index contributed by atoms with van der Waals surface area (Å²) in [6.45, 7) is 8.58. The molecule has 1 amide bonds. The third-order valence-corrected chi connectivity index (χ3v) is 7.00.